The van der Waals surface area contributed by atoms with Crippen LogP contribution in [0.15, 0.2) is 10.8 Å². The zero-order valence-corrected chi connectivity index (χ0v) is 12.6. The Bertz CT molecular complexity index is 505. The van der Waals surface area contributed by atoms with Gasteiger partial charge in [-0.25, -0.2) is 15.8 Å². The molecule has 1 aliphatic rings. The highest BCUT2D eigenvalue weighted by Gasteiger charge is 2.55. The normalized spacial score (nSPS) is 22.1. The molecule has 0 aliphatic carbocycles. The van der Waals surface area contributed by atoms with Gasteiger partial charge < -0.3 is 10.3 Å². The second-order valence-corrected chi connectivity index (χ2v) is 5.99. The molecule has 0 amide bonds. The van der Waals surface area contributed by atoms with Crippen LogP contribution in [0, 0.1) is 5.92 Å². The number of hydrogen-bond acceptors (Lipinski definition) is 5. The number of nitrogens with zero attached hydrogens (tertiary/aromatic N) is 3. The molecule has 1 aromatic heterocycles. The number of nitrogen functional groups attached to an aromatic ring is 1. The first kappa shape index (κ1) is 15.3. The molecular weight excluding hydrogens is 339 g/mol. The minimum Gasteiger partial charge on any atom is -0.350 e. The van der Waals surface area contributed by atoms with Crippen LogP contribution in [0.2, 0.25) is 0 Å². The van der Waals surface area contributed by atoms with E-state index in [4.69, 9.17) is 5.84 Å². The van der Waals surface area contributed by atoms with Crippen LogP contribution in [0.3, 0.4) is 0 Å². The summed E-state index contributed by atoms with van der Waals surface area (Å²) in [7, 11) is 0. The van der Waals surface area contributed by atoms with Crippen molar-refractivity contribution in [1.29, 1.82) is 0 Å². The van der Waals surface area contributed by atoms with E-state index in [2.05, 4.69) is 31.3 Å². The first-order chi connectivity index (χ1) is 9.19. The number of nitrogens with one attached hydrogen (secondary N) is 1. The van der Waals surface area contributed by atoms with Crippen molar-refractivity contribution < 1.29 is 13.2 Å². The van der Waals surface area contributed by atoms with Crippen LogP contribution in [0.4, 0.5) is 24.8 Å². The van der Waals surface area contributed by atoms with Gasteiger partial charge in [-0.05, 0) is 36.2 Å². The van der Waals surface area contributed by atoms with Gasteiger partial charge in [0.2, 0.25) is 0 Å². The SMILES string of the molecule is CC1(C)C(C(F)(F)F)CCN1c1ncnc(NN)c1Br. The highest BCUT2D eigenvalue weighted by molar-refractivity contribution is 9.10. The number of halogens is 4. The van der Waals surface area contributed by atoms with Gasteiger partial charge in [0.05, 0.1) is 5.92 Å². The van der Waals surface area contributed by atoms with Crippen molar-refractivity contribution in [1.82, 2.24) is 9.97 Å². The average Bonchev–Trinajstić information content (AvgIpc) is 2.64. The summed E-state index contributed by atoms with van der Waals surface area (Å²) < 4.78 is 39.7. The molecule has 5 nitrogen and oxygen atoms in total. The summed E-state index contributed by atoms with van der Waals surface area (Å²) in [5.41, 5.74) is 1.30. The van der Waals surface area contributed by atoms with Gasteiger partial charge in [0.15, 0.2) is 5.82 Å². The van der Waals surface area contributed by atoms with E-state index in [-0.39, 0.29) is 13.0 Å². The second kappa shape index (κ2) is 5.03. The highest BCUT2D eigenvalue weighted by atomic mass is 79.9. The minimum absolute atomic E-state index is 0.0400. The van der Waals surface area contributed by atoms with Crippen LogP contribution < -0.4 is 16.2 Å². The number of anilines is 2. The third-order valence-electron chi connectivity index (χ3n) is 3.75. The molecule has 0 aromatic carbocycles. The van der Waals surface area contributed by atoms with Crippen LogP contribution in [-0.4, -0.2) is 28.2 Å². The number of aromatic nitrogens is 2. The van der Waals surface area contributed by atoms with Crippen LogP contribution >= 0.6 is 15.9 Å². The molecule has 0 radical (unpaired) electrons. The van der Waals surface area contributed by atoms with Gasteiger partial charge in [0.1, 0.15) is 16.6 Å². The lowest BCUT2D eigenvalue weighted by Gasteiger charge is -2.37. The van der Waals surface area contributed by atoms with Gasteiger partial charge in [0.25, 0.3) is 0 Å². The highest BCUT2D eigenvalue weighted by Crippen LogP contribution is 2.47. The summed E-state index contributed by atoms with van der Waals surface area (Å²) >= 11 is 3.28. The molecule has 2 heterocycles. The third-order valence-corrected chi connectivity index (χ3v) is 4.48. The summed E-state index contributed by atoms with van der Waals surface area (Å²) in [5.74, 6) is 4.66. The lowest BCUT2D eigenvalue weighted by atomic mass is 9.88. The maximum atomic E-state index is 13.1. The molecule has 2 rings (SSSR count). The summed E-state index contributed by atoms with van der Waals surface area (Å²) in [4.78, 5) is 9.62. The van der Waals surface area contributed by atoms with Gasteiger partial charge in [-0.15, -0.1) is 0 Å². The van der Waals surface area contributed by atoms with Crippen molar-refractivity contribution in [2.75, 3.05) is 16.9 Å². The molecule has 0 saturated carbocycles. The standard InChI is InChI=1S/C11H15BrF3N5/c1-10(2)6(11(13,14)15)3-4-20(10)9-7(12)8(19-16)17-5-18-9/h5-6H,3-4,16H2,1-2H3,(H,17,18,19). The van der Waals surface area contributed by atoms with Crippen molar-refractivity contribution in [2.24, 2.45) is 11.8 Å². The van der Waals surface area contributed by atoms with E-state index in [1.165, 1.54) is 6.33 Å². The Hall–Kier alpha value is -1.09. The largest absolute Gasteiger partial charge is 0.394 e. The molecule has 1 atom stereocenters. The smallest absolute Gasteiger partial charge is 0.350 e. The fourth-order valence-electron chi connectivity index (χ4n) is 2.68. The maximum Gasteiger partial charge on any atom is 0.394 e. The summed E-state index contributed by atoms with van der Waals surface area (Å²) in [6.45, 7) is 3.42. The number of rotatable bonds is 2. The number of hydrogen-bond donors (Lipinski definition) is 2. The molecule has 1 aliphatic heterocycles. The number of alkyl halides is 3. The van der Waals surface area contributed by atoms with E-state index >= 15 is 0 Å². The molecular formula is C11H15BrF3N5. The molecule has 0 spiro atoms. The fourth-order valence-corrected chi connectivity index (χ4v) is 3.21. The van der Waals surface area contributed by atoms with E-state index in [9.17, 15) is 13.2 Å². The van der Waals surface area contributed by atoms with Crippen LogP contribution in [0.25, 0.3) is 0 Å². The zero-order valence-electron chi connectivity index (χ0n) is 11.0. The van der Waals surface area contributed by atoms with E-state index in [0.29, 0.717) is 16.1 Å². The lowest BCUT2D eigenvalue weighted by molar-refractivity contribution is -0.183. The fraction of sp³-hybridized carbons (Fsp3) is 0.636. The molecule has 20 heavy (non-hydrogen) atoms. The van der Waals surface area contributed by atoms with Crippen LogP contribution in [0.1, 0.15) is 20.3 Å². The average molecular weight is 354 g/mol. The van der Waals surface area contributed by atoms with Gasteiger partial charge >= 0.3 is 6.18 Å². The maximum absolute atomic E-state index is 13.1. The van der Waals surface area contributed by atoms with Gasteiger partial charge in [0, 0.05) is 12.1 Å². The summed E-state index contributed by atoms with van der Waals surface area (Å²) in [6.07, 6.45) is -2.92. The van der Waals surface area contributed by atoms with Crippen molar-refractivity contribution in [3.63, 3.8) is 0 Å². The third kappa shape index (κ3) is 2.44. The van der Waals surface area contributed by atoms with Crippen LogP contribution in [-0.2, 0) is 0 Å². The first-order valence-electron chi connectivity index (χ1n) is 6.01. The molecule has 0 bridgehead atoms. The van der Waals surface area contributed by atoms with E-state index in [1.54, 1.807) is 18.7 Å². The van der Waals surface area contributed by atoms with Gasteiger partial charge in [-0.2, -0.15) is 13.2 Å². The molecule has 1 fully saturated rings. The predicted molar refractivity (Wildman–Crippen MR) is 73.1 cm³/mol. The monoisotopic (exact) mass is 353 g/mol. The van der Waals surface area contributed by atoms with Crippen molar-refractivity contribution in [2.45, 2.75) is 32.0 Å². The summed E-state index contributed by atoms with van der Waals surface area (Å²) in [6, 6.07) is 0. The molecule has 1 saturated heterocycles. The van der Waals surface area contributed by atoms with Crippen molar-refractivity contribution in [3.05, 3.63) is 10.8 Å². The minimum atomic E-state index is -4.23. The van der Waals surface area contributed by atoms with Crippen molar-refractivity contribution >= 4 is 27.6 Å². The number of hydrazine groups is 1. The predicted octanol–water partition coefficient (Wildman–Crippen LogP) is 2.69. The van der Waals surface area contributed by atoms with Crippen LogP contribution in [0.5, 0.6) is 0 Å². The molecule has 1 aromatic rings. The number of nitrogens with two attached hydrogens (primary N) is 1. The Morgan fingerprint density at radius 2 is 2.10 bits per heavy atom. The second-order valence-electron chi connectivity index (χ2n) is 5.19. The molecule has 112 valence electrons. The zero-order chi connectivity index (χ0) is 15.1. The molecule has 9 heteroatoms. The Morgan fingerprint density at radius 3 is 2.60 bits per heavy atom. The first-order valence-corrected chi connectivity index (χ1v) is 6.80. The van der Waals surface area contributed by atoms with Gasteiger partial charge in [-0.1, -0.05) is 0 Å². The molecule has 1 unspecified atom stereocenters. The Labute approximate surface area is 122 Å². The Morgan fingerprint density at radius 1 is 1.45 bits per heavy atom. The summed E-state index contributed by atoms with van der Waals surface area (Å²) in [5, 5.41) is 0. The van der Waals surface area contributed by atoms with Crippen molar-refractivity contribution in [3.8, 4) is 0 Å². The van der Waals surface area contributed by atoms with E-state index < -0.39 is 17.6 Å². The quantitative estimate of drug-likeness (QED) is 0.632. The Kier molecular flexibility index (Phi) is 3.85. The molecule has 3 N–H and O–H groups in total. The van der Waals surface area contributed by atoms with E-state index in [1.807, 2.05) is 0 Å². The van der Waals surface area contributed by atoms with E-state index in [0.717, 1.165) is 0 Å². The van der Waals surface area contributed by atoms with Gasteiger partial charge in [-0.3, -0.25) is 0 Å². The Balaban J connectivity index is 2.41. The topological polar surface area (TPSA) is 67.1 Å². The lowest BCUT2D eigenvalue weighted by Crippen LogP contribution is -2.47.